The van der Waals surface area contributed by atoms with E-state index in [2.05, 4.69) is 60.6 Å². The lowest BCUT2D eigenvalue weighted by Gasteiger charge is -2.16. The summed E-state index contributed by atoms with van der Waals surface area (Å²) in [5, 5.41) is 10.00. The fourth-order valence-electron chi connectivity index (χ4n) is 3.75. The number of aromatic nitrogens is 1. The maximum Gasteiger partial charge on any atom is 0.303 e. The van der Waals surface area contributed by atoms with Gasteiger partial charge in [-0.05, 0) is 66.8 Å². The van der Waals surface area contributed by atoms with E-state index < -0.39 is 5.97 Å². The number of carbonyl (C=O) groups is 1. The molecule has 0 aliphatic heterocycles. The van der Waals surface area contributed by atoms with Gasteiger partial charge in [0.05, 0.1) is 0 Å². The van der Waals surface area contributed by atoms with Crippen LogP contribution in [0.15, 0.2) is 72.9 Å². The molecule has 1 atom stereocenters. The van der Waals surface area contributed by atoms with Gasteiger partial charge in [0.15, 0.2) is 0 Å². The van der Waals surface area contributed by atoms with Gasteiger partial charge in [0.1, 0.15) is 11.9 Å². The van der Waals surface area contributed by atoms with E-state index >= 15 is 0 Å². The van der Waals surface area contributed by atoms with Crippen LogP contribution in [0, 0.1) is 6.92 Å². The number of ether oxygens (including phenoxy) is 1. The Morgan fingerprint density at radius 2 is 1.80 bits per heavy atom. The van der Waals surface area contributed by atoms with Crippen LogP contribution in [-0.2, 0) is 11.2 Å². The maximum atomic E-state index is 10.7. The van der Waals surface area contributed by atoms with Crippen LogP contribution in [0.25, 0.3) is 22.0 Å². The lowest BCUT2D eigenvalue weighted by Crippen LogP contribution is -2.03. The van der Waals surface area contributed by atoms with Crippen molar-refractivity contribution in [1.29, 1.82) is 0 Å². The Bertz CT molecular complexity index is 1170. The monoisotopic (exact) mass is 399 g/mol. The minimum absolute atomic E-state index is 0.112. The van der Waals surface area contributed by atoms with Crippen LogP contribution >= 0.6 is 0 Å². The molecular formula is C26H25NO3. The zero-order valence-corrected chi connectivity index (χ0v) is 17.2. The fourth-order valence-corrected chi connectivity index (χ4v) is 3.75. The number of carboxylic acid groups (broad SMARTS) is 1. The third kappa shape index (κ3) is 4.23. The quantitative estimate of drug-likeness (QED) is 0.383. The lowest BCUT2D eigenvalue weighted by atomic mass is 9.98. The smallest absolute Gasteiger partial charge is 0.303 e. The fraction of sp³-hybridized carbons (Fsp3) is 0.192. The molecule has 4 heteroatoms. The Morgan fingerprint density at radius 1 is 1.03 bits per heavy atom. The van der Waals surface area contributed by atoms with Crippen LogP contribution < -0.4 is 4.74 Å². The Balaban J connectivity index is 1.55. The van der Waals surface area contributed by atoms with Crippen molar-refractivity contribution in [2.45, 2.75) is 32.8 Å². The molecule has 1 unspecified atom stereocenters. The number of rotatable bonds is 7. The molecule has 0 amide bonds. The minimum Gasteiger partial charge on any atom is -0.486 e. The summed E-state index contributed by atoms with van der Waals surface area (Å²) in [7, 11) is 0. The normalized spacial score (nSPS) is 12.1. The molecule has 1 aromatic heterocycles. The second-order valence-corrected chi connectivity index (χ2v) is 7.62. The summed E-state index contributed by atoms with van der Waals surface area (Å²) >= 11 is 0. The molecule has 2 N–H and O–H groups in total. The maximum absolute atomic E-state index is 10.7. The van der Waals surface area contributed by atoms with Gasteiger partial charge in [-0.3, -0.25) is 4.79 Å². The first-order valence-corrected chi connectivity index (χ1v) is 10.2. The summed E-state index contributed by atoms with van der Waals surface area (Å²) in [6, 6.07) is 22.4. The third-order valence-electron chi connectivity index (χ3n) is 5.47. The third-order valence-corrected chi connectivity index (χ3v) is 5.47. The van der Waals surface area contributed by atoms with Gasteiger partial charge in [-0.25, -0.2) is 0 Å². The topological polar surface area (TPSA) is 62.3 Å². The van der Waals surface area contributed by atoms with Gasteiger partial charge in [-0.1, -0.05) is 42.5 Å². The van der Waals surface area contributed by atoms with Crippen LogP contribution in [0.2, 0.25) is 0 Å². The van der Waals surface area contributed by atoms with E-state index in [0.29, 0.717) is 6.42 Å². The molecule has 30 heavy (non-hydrogen) atoms. The Labute approximate surface area is 176 Å². The summed E-state index contributed by atoms with van der Waals surface area (Å²) in [5.74, 6) is -0.0102. The van der Waals surface area contributed by atoms with Crippen molar-refractivity contribution in [3.63, 3.8) is 0 Å². The summed E-state index contributed by atoms with van der Waals surface area (Å²) in [6.07, 6.45) is 2.62. The van der Waals surface area contributed by atoms with E-state index in [1.54, 1.807) is 0 Å². The highest BCUT2D eigenvalue weighted by Crippen LogP contribution is 2.33. The van der Waals surface area contributed by atoms with Crippen LogP contribution in [-0.4, -0.2) is 16.1 Å². The Kier molecular flexibility index (Phi) is 5.57. The average Bonchev–Trinajstić information content (AvgIpc) is 3.16. The van der Waals surface area contributed by atoms with Crippen molar-refractivity contribution in [3.8, 4) is 16.9 Å². The number of aryl methyl sites for hydroxylation is 2. The summed E-state index contributed by atoms with van der Waals surface area (Å²) in [6.45, 7) is 4.17. The van der Waals surface area contributed by atoms with Crippen LogP contribution in [0.4, 0.5) is 0 Å². The van der Waals surface area contributed by atoms with Gasteiger partial charge in [0.25, 0.3) is 0 Å². The van der Waals surface area contributed by atoms with Gasteiger partial charge < -0.3 is 14.8 Å². The van der Waals surface area contributed by atoms with E-state index in [-0.39, 0.29) is 12.5 Å². The van der Waals surface area contributed by atoms with E-state index in [1.165, 1.54) is 22.1 Å². The first-order valence-electron chi connectivity index (χ1n) is 10.2. The molecule has 4 nitrogen and oxygen atoms in total. The lowest BCUT2D eigenvalue weighted by molar-refractivity contribution is -0.136. The average molecular weight is 399 g/mol. The van der Waals surface area contributed by atoms with Crippen molar-refractivity contribution < 1.29 is 14.6 Å². The van der Waals surface area contributed by atoms with E-state index in [0.717, 1.165) is 22.4 Å². The van der Waals surface area contributed by atoms with Gasteiger partial charge in [-0.2, -0.15) is 0 Å². The molecule has 4 rings (SSSR count). The molecule has 0 saturated heterocycles. The molecule has 152 valence electrons. The molecular weight excluding hydrogens is 374 g/mol. The summed E-state index contributed by atoms with van der Waals surface area (Å²) in [5.41, 5.74) is 6.87. The van der Waals surface area contributed by atoms with Crippen molar-refractivity contribution in [2.24, 2.45) is 0 Å². The predicted molar refractivity (Wildman–Crippen MR) is 120 cm³/mol. The van der Waals surface area contributed by atoms with Gasteiger partial charge in [0.2, 0.25) is 0 Å². The summed E-state index contributed by atoms with van der Waals surface area (Å²) < 4.78 is 6.15. The number of aromatic amines is 1. The Hall–Kier alpha value is -3.53. The molecule has 1 heterocycles. The first-order chi connectivity index (χ1) is 14.5. The first kappa shape index (κ1) is 19.8. The molecule has 4 aromatic rings. The van der Waals surface area contributed by atoms with Crippen LogP contribution in [0.3, 0.4) is 0 Å². The molecule has 0 radical (unpaired) electrons. The van der Waals surface area contributed by atoms with Gasteiger partial charge >= 0.3 is 5.97 Å². The van der Waals surface area contributed by atoms with Crippen molar-refractivity contribution in [3.05, 3.63) is 89.6 Å². The largest absolute Gasteiger partial charge is 0.486 e. The van der Waals surface area contributed by atoms with E-state index in [1.807, 2.05) is 31.2 Å². The second-order valence-electron chi connectivity index (χ2n) is 7.62. The highest BCUT2D eigenvalue weighted by Gasteiger charge is 2.13. The number of H-pyrrole nitrogens is 1. The molecule has 0 saturated carbocycles. The number of carboxylic acids is 1. The molecule has 0 fully saturated rings. The second kappa shape index (κ2) is 8.46. The zero-order chi connectivity index (χ0) is 21.1. The number of hydrogen-bond acceptors (Lipinski definition) is 2. The van der Waals surface area contributed by atoms with Crippen LogP contribution in [0.5, 0.6) is 5.75 Å². The van der Waals surface area contributed by atoms with Crippen molar-refractivity contribution in [1.82, 2.24) is 4.98 Å². The van der Waals surface area contributed by atoms with E-state index in [4.69, 9.17) is 9.84 Å². The highest BCUT2D eigenvalue weighted by atomic mass is 16.5. The molecule has 0 aliphatic rings. The standard InChI is InChI=1S/C26H25NO3/c1-17-5-3-4-6-22(17)24-16-27-25-13-10-20(15-23(24)25)18(2)30-21-11-7-19(8-12-21)9-14-26(28)29/h3-8,10-13,15-16,18,27H,9,14H2,1-2H3,(H,28,29). The van der Waals surface area contributed by atoms with Crippen molar-refractivity contribution >= 4 is 16.9 Å². The molecule has 0 spiro atoms. The SMILES string of the molecule is Cc1ccccc1-c1c[nH]c2ccc(C(C)Oc3ccc(CCC(=O)O)cc3)cc12. The summed E-state index contributed by atoms with van der Waals surface area (Å²) in [4.78, 5) is 14.1. The zero-order valence-electron chi connectivity index (χ0n) is 17.2. The van der Waals surface area contributed by atoms with E-state index in [9.17, 15) is 4.79 Å². The predicted octanol–water partition coefficient (Wildman–Crippen LogP) is 6.30. The van der Waals surface area contributed by atoms with Gasteiger partial charge in [-0.15, -0.1) is 0 Å². The highest BCUT2D eigenvalue weighted by molar-refractivity contribution is 5.96. The number of hydrogen-bond donors (Lipinski definition) is 2. The molecule has 0 bridgehead atoms. The minimum atomic E-state index is -0.783. The Morgan fingerprint density at radius 3 is 2.53 bits per heavy atom. The molecule has 3 aromatic carbocycles. The number of nitrogens with one attached hydrogen (secondary N) is 1. The van der Waals surface area contributed by atoms with Crippen LogP contribution in [0.1, 0.15) is 36.1 Å². The van der Waals surface area contributed by atoms with Crippen molar-refractivity contribution in [2.75, 3.05) is 0 Å². The molecule has 0 aliphatic carbocycles. The number of benzene rings is 3. The van der Waals surface area contributed by atoms with Gasteiger partial charge in [0, 0.05) is 29.1 Å². The number of fused-ring (bicyclic) bond motifs is 1. The number of aliphatic carboxylic acids is 1.